The lowest BCUT2D eigenvalue weighted by molar-refractivity contribution is -0.118. The van der Waals surface area contributed by atoms with E-state index in [0.29, 0.717) is 18.3 Å². The van der Waals surface area contributed by atoms with Gasteiger partial charge in [0.1, 0.15) is 6.29 Å². The van der Waals surface area contributed by atoms with Crippen LogP contribution < -0.4 is 5.32 Å². The van der Waals surface area contributed by atoms with Gasteiger partial charge in [0.2, 0.25) is 5.91 Å². The summed E-state index contributed by atoms with van der Waals surface area (Å²) in [6.45, 7) is 0.712. The molecule has 1 amide bonds. The Morgan fingerprint density at radius 3 is 2.67 bits per heavy atom. The number of alkyl halides is 1. The molecule has 4 heteroatoms. The molecule has 0 unspecified atom stereocenters. The summed E-state index contributed by atoms with van der Waals surface area (Å²) in [7, 11) is 0. The molecule has 0 saturated heterocycles. The molecule has 1 N–H and O–H groups in total. The third-order valence-corrected chi connectivity index (χ3v) is 1.95. The van der Waals surface area contributed by atoms with Crippen molar-refractivity contribution in [1.82, 2.24) is 5.32 Å². The molecule has 0 aliphatic rings. The van der Waals surface area contributed by atoms with E-state index in [4.69, 9.17) is 0 Å². The van der Waals surface area contributed by atoms with Gasteiger partial charge in [-0.05, 0) is 12.8 Å². The molecular weight excluding hydrogens is 222 g/mol. The number of unbranched alkanes of at least 4 members (excludes halogenated alkanes) is 3. The molecule has 70 valence electrons. The second-order valence-electron chi connectivity index (χ2n) is 2.50. The molecule has 0 aromatic rings. The highest BCUT2D eigenvalue weighted by molar-refractivity contribution is 9.09. The summed E-state index contributed by atoms with van der Waals surface area (Å²) in [5, 5.41) is 3.10. The summed E-state index contributed by atoms with van der Waals surface area (Å²) < 4.78 is 0. The van der Waals surface area contributed by atoms with Gasteiger partial charge in [0.15, 0.2) is 0 Å². The van der Waals surface area contributed by atoms with Crippen molar-refractivity contribution in [2.45, 2.75) is 25.7 Å². The molecule has 0 aliphatic heterocycles. The number of amides is 1. The van der Waals surface area contributed by atoms with Gasteiger partial charge in [-0.15, -0.1) is 0 Å². The number of hydrogen-bond acceptors (Lipinski definition) is 2. The van der Waals surface area contributed by atoms with Crippen LogP contribution in [0.15, 0.2) is 0 Å². The van der Waals surface area contributed by atoms with E-state index in [1.165, 1.54) is 0 Å². The predicted molar refractivity (Wildman–Crippen MR) is 51.3 cm³/mol. The maximum Gasteiger partial charge on any atom is 0.230 e. The topological polar surface area (TPSA) is 46.2 Å². The molecule has 12 heavy (non-hydrogen) atoms. The van der Waals surface area contributed by atoms with Crippen LogP contribution in [0.2, 0.25) is 0 Å². The molecule has 0 atom stereocenters. The summed E-state index contributed by atoms with van der Waals surface area (Å²) in [4.78, 5) is 20.6. The van der Waals surface area contributed by atoms with E-state index in [1.54, 1.807) is 0 Å². The third kappa shape index (κ3) is 7.72. The Morgan fingerprint density at radius 2 is 2.08 bits per heavy atom. The van der Waals surface area contributed by atoms with Crippen molar-refractivity contribution in [2.75, 3.05) is 11.9 Å². The Morgan fingerprint density at radius 1 is 1.33 bits per heavy atom. The first-order chi connectivity index (χ1) is 5.81. The van der Waals surface area contributed by atoms with E-state index < -0.39 is 0 Å². The Bertz CT molecular complexity index is 139. The van der Waals surface area contributed by atoms with E-state index in [9.17, 15) is 9.59 Å². The largest absolute Gasteiger partial charge is 0.355 e. The fourth-order valence-corrected chi connectivity index (χ4v) is 1.00. The van der Waals surface area contributed by atoms with E-state index in [0.717, 1.165) is 25.5 Å². The average molecular weight is 236 g/mol. The zero-order chi connectivity index (χ0) is 9.23. The molecule has 0 spiro atoms. The lowest BCUT2D eigenvalue weighted by atomic mass is 10.2. The monoisotopic (exact) mass is 235 g/mol. The van der Waals surface area contributed by atoms with Crippen LogP contribution in [-0.2, 0) is 9.59 Å². The second-order valence-corrected chi connectivity index (χ2v) is 3.06. The number of aldehydes is 1. The molecule has 0 bridgehead atoms. The normalized spacial score (nSPS) is 9.42. The molecule has 0 rings (SSSR count). The molecule has 0 aromatic carbocycles. The minimum Gasteiger partial charge on any atom is -0.355 e. The summed E-state index contributed by atoms with van der Waals surface area (Å²) in [5.74, 6) is 0.0189. The van der Waals surface area contributed by atoms with E-state index in [2.05, 4.69) is 21.2 Å². The van der Waals surface area contributed by atoms with Crippen LogP contribution in [0.3, 0.4) is 0 Å². The quantitative estimate of drug-likeness (QED) is 0.411. The Labute approximate surface area is 81.0 Å². The second kappa shape index (κ2) is 8.71. The van der Waals surface area contributed by atoms with Crippen LogP contribution in [-0.4, -0.2) is 24.1 Å². The SMILES string of the molecule is O=CCCCCCNC(=O)CBr. The van der Waals surface area contributed by atoms with Crippen LogP contribution >= 0.6 is 15.9 Å². The number of hydrogen-bond donors (Lipinski definition) is 1. The lowest BCUT2D eigenvalue weighted by Gasteiger charge is -2.00. The highest BCUT2D eigenvalue weighted by Gasteiger charge is 1.95. The van der Waals surface area contributed by atoms with Gasteiger partial charge in [-0.1, -0.05) is 22.4 Å². The van der Waals surface area contributed by atoms with Gasteiger partial charge in [-0.3, -0.25) is 4.79 Å². The summed E-state index contributed by atoms with van der Waals surface area (Å²) >= 11 is 3.05. The maximum absolute atomic E-state index is 10.7. The highest BCUT2D eigenvalue weighted by atomic mass is 79.9. The number of halogens is 1. The highest BCUT2D eigenvalue weighted by Crippen LogP contribution is 1.96. The minimum atomic E-state index is 0.0189. The zero-order valence-corrected chi connectivity index (χ0v) is 8.60. The lowest BCUT2D eigenvalue weighted by Crippen LogP contribution is -2.25. The van der Waals surface area contributed by atoms with Crippen molar-refractivity contribution in [3.8, 4) is 0 Å². The fraction of sp³-hybridized carbons (Fsp3) is 0.750. The van der Waals surface area contributed by atoms with Gasteiger partial charge in [-0.2, -0.15) is 0 Å². The van der Waals surface area contributed by atoms with Crippen molar-refractivity contribution in [3.05, 3.63) is 0 Å². The Hall–Kier alpha value is -0.380. The number of carbonyl (C=O) groups is 2. The molecular formula is C8H14BrNO2. The predicted octanol–water partition coefficient (Wildman–Crippen LogP) is 1.26. The van der Waals surface area contributed by atoms with Crippen molar-refractivity contribution in [3.63, 3.8) is 0 Å². The fourth-order valence-electron chi connectivity index (χ4n) is 0.805. The Kier molecular flexibility index (Phi) is 8.44. The van der Waals surface area contributed by atoms with Gasteiger partial charge in [0, 0.05) is 13.0 Å². The third-order valence-electron chi connectivity index (χ3n) is 1.44. The van der Waals surface area contributed by atoms with Crippen molar-refractivity contribution >= 4 is 28.1 Å². The van der Waals surface area contributed by atoms with E-state index in [1.807, 2.05) is 0 Å². The number of nitrogens with one attached hydrogen (secondary N) is 1. The summed E-state index contributed by atoms with van der Waals surface area (Å²) in [6.07, 6.45) is 4.44. The molecule has 0 aromatic heterocycles. The molecule has 0 aliphatic carbocycles. The van der Waals surface area contributed by atoms with E-state index >= 15 is 0 Å². The van der Waals surface area contributed by atoms with Crippen LogP contribution in [0.5, 0.6) is 0 Å². The first-order valence-electron chi connectivity index (χ1n) is 4.07. The molecule has 0 fully saturated rings. The van der Waals surface area contributed by atoms with Gasteiger partial charge >= 0.3 is 0 Å². The summed E-state index contributed by atoms with van der Waals surface area (Å²) in [5.41, 5.74) is 0. The van der Waals surface area contributed by atoms with Crippen LogP contribution in [0.25, 0.3) is 0 Å². The van der Waals surface area contributed by atoms with Gasteiger partial charge < -0.3 is 10.1 Å². The summed E-state index contributed by atoms with van der Waals surface area (Å²) in [6, 6.07) is 0. The van der Waals surface area contributed by atoms with Crippen molar-refractivity contribution in [1.29, 1.82) is 0 Å². The minimum absolute atomic E-state index is 0.0189. The molecule has 0 saturated carbocycles. The van der Waals surface area contributed by atoms with Crippen LogP contribution in [0.1, 0.15) is 25.7 Å². The standard InChI is InChI=1S/C8H14BrNO2/c9-7-8(12)10-5-3-1-2-4-6-11/h6H,1-5,7H2,(H,10,12). The van der Waals surface area contributed by atoms with Crippen molar-refractivity contribution in [2.24, 2.45) is 0 Å². The number of carbonyl (C=O) groups excluding carboxylic acids is 2. The van der Waals surface area contributed by atoms with Gasteiger partial charge in [0.05, 0.1) is 5.33 Å². The average Bonchev–Trinajstić information content (AvgIpc) is 2.10. The van der Waals surface area contributed by atoms with Crippen molar-refractivity contribution < 1.29 is 9.59 Å². The first-order valence-corrected chi connectivity index (χ1v) is 5.19. The van der Waals surface area contributed by atoms with Gasteiger partial charge in [0.25, 0.3) is 0 Å². The first kappa shape index (κ1) is 11.6. The number of rotatable bonds is 7. The van der Waals surface area contributed by atoms with Gasteiger partial charge in [-0.25, -0.2) is 0 Å². The molecule has 0 radical (unpaired) electrons. The maximum atomic E-state index is 10.7. The molecule has 0 heterocycles. The Balaban J connectivity index is 3.00. The van der Waals surface area contributed by atoms with E-state index in [-0.39, 0.29) is 5.91 Å². The zero-order valence-electron chi connectivity index (χ0n) is 7.01. The van der Waals surface area contributed by atoms with Crippen LogP contribution in [0, 0.1) is 0 Å². The van der Waals surface area contributed by atoms with Crippen LogP contribution in [0.4, 0.5) is 0 Å². The molecule has 3 nitrogen and oxygen atoms in total. The smallest absolute Gasteiger partial charge is 0.230 e.